The Kier molecular flexibility index (Phi) is 6.61. The number of fused-ring (bicyclic) bond motifs is 2. The summed E-state index contributed by atoms with van der Waals surface area (Å²) in [6.07, 6.45) is 6.15. The third kappa shape index (κ3) is 4.77. The van der Waals surface area contributed by atoms with Crippen LogP contribution in [0.2, 0.25) is 0 Å². The van der Waals surface area contributed by atoms with E-state index in [9.17, 15) is 18.4 Å². The average molecular weight is 517 g/mol. The molecule has 2 amide bonds. The summed E-state index contributed by atoms with van der Waals surface area (Å²) >= 11 is 1.58. The summed E-state index contributed by atoms with van der Waals surface area (Å²) in [4.78, 5) is 30.3. The molecular weight excluding hydrogens is 494 g/mol. The SMILES string of the molecule is CNC(=O)CN1C=C(NC(=O)c2cnn3cccnc23)C(c2cc3c(cc2OC(F)F)NCCS3)N1. The molecule has 0 fully saturated rings. The minimum Gasteiger partial charge on any atom is -0.434 e. The largest absolute Gasteiger partial charge is 0.434 e. The van der Waals surface area contributed by atoms with Crippen molar-refractivity contribution in [1.29, 1.82) is 0 Å². The number of halogens is 2. The predicted molar refractivity (Wildman–Crippen MR) is 127 cm³/mol. The fraction of sp³-hybridized carbons (Fsp3) is 0.273. The smallest absolute Gasteiger partial charge is 0.387 e. The van der Waals surface area contributed by atoms with Crippen LogP contribution < -0.4 is 26.1 Å². The van der Waals surface area contributed by atoms with E-state index in [1.807, 2.05) is 0 Å². The second-order valence-corrected chi connectivity index (χ2v) is 9.02. The molecule has 36 heavy (non-hydrogen) atoms. The van der Waals surface area contributed by atoms with E-state index in [0.29, 0.717) is 29.1 Å². The summed E-state index contributed by atoms with van der Waals surface area (Å²) in [6.45, 7) is -2.42. The molecule has 0 saturated carbocycles. The first-order chi connectivity index (χ1) is 17.4. The van der Waals surface area contributed by atoms with Gasteiger partial charge in [0.25, 0.3) is 5.91 Å². The highest BCUT2D eigenvalue weighted by atomic mass is 32.2. The summed E-state index contributed by atoms with van der Waals surface area (Å²) in [7, 11) is 1.50. The van der Waals surface area contributed by atoms with Crippen molar-refractivity contribution in [3.8, 4) is 5.75 Å². The number of ether oxygens (including phenoxy) is 1. The monoisotopic (exact) mass is 516 g/mol. The fourth-order valence-electron chi connectivity index (χ4n) is 3.97. The van der Waals surface area contributed by atoms with Crippen LogP contribution in [0.1, 0.15) is 22.0 Å². The van der Waals surface area contributed by atoms with Gasteiger partial charge in [-0.15, -0.1) is 11.8 Å². The number of benzene rings is 1. The zero-order valence-electron chi connectivity index (χ0n) is 19.0. The molecule has 0 radical (unpaired) electrons. The Morgan fingerprint density at radius 2 is 2.22 bits per heavy atom. The molecule has 188 valence electrons. The number of carbonyl (C=O) groups is 2. The van der Waals surface area contributed by atoms with Crippen LogP contribution in [0.3, 0.4) is 0 Å². The second-order valence-electron chi connectivity index (χ2n) is 7.89. The molecule has 4 N–H and O–H groups in total. The zero-order chi connectivity index (χ0) is 25.2. The van der Waals surface area contributed by atoms with Gasteiger partial charge in [-0.25, -0.2) is 14.9 Å². The van der Waals surface area contributed by atoms with E-state index in [-0.39, 0.29) is 23.8 Å². The number of hydrazine groups is 1. The Morgan fingerprint density at radius 3 is 3.03 bits per heavy atom. The van der Waals surface area contributed by atoms with Gasteiger partial charge in [0, 0.05) is 54.5 Å². The lowest BCUT2D eigenvalue weighted by Crippen LogP contribution is -2.39. The molecule has 5 rings (SSSR count). The van der Waals surface area contributed by atoms with E-state index in [0.717, 1.165) is 10.6 Å². The standard InChI is InChI=1S/C22H22F2N8O3S/c1-25-18(33)11-31-10-15(29-21(34)13-9-28-32-5-2-3-27-20(13)32)19(30-31)12-7-17-14(26-4-6-36-17)8-16(12)35-22(23)24/h2-3,5,7-10,19,22,26,30H,4,6,11H2,1H3,(H,25,33)(H,29,34). The first-order valence-electron chi connectivity index (χ1n) is 11.0. The number of thioether (sulfide) groups is 1. The van der Waals surface area contributed by atoms with Crippen molar-refractivity contribution in [3.63, 3.8) is 0 Å². The molecule has 14 heteroatoms. The molecule has 0 saturated heterocycles. The maximum absolute atomic E-state index is 13.3. The molecule has 1 aromatic carbocycles. The third-order valence-electron chi connectivity index (χ3n) is 5.59. The average Bonchev–Trinajstić information content (AvgIpc) is 3.47. The fourth-order valence-corrected chi connectivity index (χ4v) is 4.89. The number of alkyl halides is 2. The van der Waals surface area contributed by atoms with E-state index in [1.165, 1.54) is 28.8 Å². The summed E-state index contributed by atoms with van der Waals surface area (Å²) in [6, 6.07) is 4.18. The lowest BCUT2D eigenvalue weighted by Gasteiger charge is -2.25. The Hall–Kier alpha value is -3.91. The number of nitrogens with one attached hydrogen (secondary N) is 4. The molecule has 0 spiro atoms. The summed E-state index contributed by atoms with van der Waals surface area (Å²) in [5, 5.41) is 14.2. The van der Waals surface area contributed by atoms with E-state index >= 15 is 0 Å². The molecule has 0 aliphatic carbocycles. The van der Waals surface area contributed by atoms with Crippen molar-refractivity contribution in [2.75, 3.05) is 31.2 Å². The minimum absolute atomic E-state index is 0.0455. The number of hydrogen-bond acceptors (Lipinski definition) is 9. The van der Waals surface area contributed by atoms with Crippen molar-refractivity contribution in [3.05, 3.63) is 59.8 Å². The number of nitrogens with zero attached hydrogens (tertiary/aromatic N) is 4. The molecule has 1 atom stereocenters. The van der Waals surface area contributed by atoms with E-state index < -0.39 is 18.6 Å². The van der Waals surface area contributed by atoms with E-state index in [1.54, 1.807) is 42.5 Å². The second kappa shape index (κ2) is 9.99. The highest BCUT2D eigenvalue weighted by Crippen LogP contribution is 2.41. The van der Waals surface area contributed by atoms with Gasteiger partial charge in [0.05, 0.1) is 23.6 Å². The quantitative estimate of drug-likeness (QED) is 0.372. The number of carbonyl (C=O) groups excluding carboxylic acids is 2. The van der Waals surface area contributed by atoms with Crippen LogP contribution in [-0.2, 0) is 4.79 Å². The molecule has 3 aromatic rings. The summed E-state index contributed by atoms with van der Waals surface area (Å²) in [5.74, 6) is -0.0142. The lowest BCUT2D eigenvalue weighted by atomic mass is 10.0. The highest BCUT2D eigenvalue weighted by Gasteiger charge is 2.32. The maximum atomic E-state index is 13.3. The number of rotatable bonds is 7. The van der Waals surface area contributed by atoms with Gasteiger partial charge in [0.1, 0.15) is 17.9 Å². The van der Waals surface area contributed by atoms with Crippen LogP contribution in [0.15, 0.2) is 53.6 Å². The van der Waals surface area contributed by atoms with Gasteiger partial charge in [-0.05, 0) is 12.1 Å². The van der Waals surface area contributed by atoms with Crippen LogP contribution in [0, 0.1) is 0 Å². The Labute approximate surface area is 208 Å². The number of anilines is 1. The molecule has 2 aromatic heterocycles. The van der Waals surface area contributed by atoms with Gasteiger partial charge in [-0.3, -0.25) is 9.59 Å². The highest BCUT2D eigenvalue weighted by molar-refractivity contribution is 7.99. The van der Waals surface area contributed by atoms with Crippen molar-refractivity contribution >= 4 is 34.9 Å². The number of aromatic nitrogens is 3. The lowest BCUT2D eigenvalue weighted by molar-refractivity contribution is -0.121. The van der Waals surface area contributed by atoms with Crippen molar-refractivity contribution < 1.29 is 23.1 Å². The zero-order valence-corrected chi connectivity index (χ0v) is 19.8. The van der Waals surface area contributed by atoms with E-state index in [4.69, 9.17) is 4.74 Å². The van der Waals surface area contributed by atoms with Gasteiger partial charge in [-0.1, -0.05) is 0 Å². The van der Waals surface area contributed by atoms with E-state index in [2.05, 4.69) is 31.5 Å². The molecule has 2 aliphatic heterocycles. The topological polar surface area (TPSA) is 125 Å². The molecular formula is C22H22F2N8O3S. The molecule has 11 nitrogen and oxygen atoms in total. The van der Waals surface area contributed by atoms with Crippen LogP contribution in [0.4, 0.5) is 14.5 Å². The van der Waals surface area contributed by atoms with Crippen molar-refractivity contribution in [1.82, 2.24) is 35.7 Å². The molecule has 2 aliphatic rings. The van der Waals surface area contributed by atoms with Crippen molar-refractivity contribution in [2.45, 2.75) is 17.5 Å². The summed E-state index contributed by atoms with van der Waals surface area (Å²) < 4.78 is 33.0. The number of likely N-dealkylation sites (N-methyl/N-ethyl adjacent to an activating group) is 1. The van der Waals surface area contributed by atoms with Crippen LogP contribution >= 0.6 is 11.8 Å². The molecule has 0 bridgehead atoms. The number of hydrogen-bond donors (Lipinski definition) is 4. The van der Waals surface area contributed by atoms with Crippen molar-refractivity contribution in [2.24, 2.45) is 0 Å². The Morgan fingerprint density at radius 1 is 1.36 bits per heavy atom. The molecule has 4 heterocycles. The van der Waals surface area contributed by atoms with Gasteiger partial charge in [-0.2, -0.15) is 13.9 Å². The first-order valence-corrected chi connectivity index (χ1v) is 12.0. The Balaban J connectivity index is 1.51. The van der Waals surface area contributed by atoms with Gasteiger partial charge in [0.2, 0.25) is 5.91 Å². The van der Waals surface area contributed by atoms with Crippen LogP contribution in [0.25, 0.3) is 5.65 Å². The first kappa shape index (κ1) is 23.8. The Bertz CT molecular complexity index is 1350. The van der Waals surface area contributed by atoms with Crippen LogP contribution in [0.5, 0.6) is 5.75 Å². The summed E-state index contributed by atoms with van der Waals surface area (Å²) in [5.41, 5.74) is 5.11. The van der Waals surface area contributed by atoms with Crippen LogP contribution in [-0.4, -0.2) is 63.9 Å². The molecule has 1 unspecified atom stereocenters. The predicted octanol–water partition coefficient (Wildman–Crippen LogP) is 1.73. The minimum atomic E-state index is -3.05. The normalized spacial score (nSPS) is 16.9. The maximum Gasteiger partial charge on any atom is 0.387 e. The third-order valence-corrected chi connectivity index (χ3v) is 6.65. The number of amides is 2. The van der Waals surface area contributed by atoms with Gasteiger partial charge >= 0.3 is 6.61 Å². The van der Waals surface area contributed by atoms with Gasteiger partial charge < -0.3 is 25.7 Å². The van der Waals surface area contributed by atoms with Gasteiger partial charge in [0.15, 0.2) is 5.65 Å².